The number of nitrogens with one attached hydrogen (secondary N) is 1. The van der Waals surface area contributed by atoms with E-state index in [1.807, 2.05) is 72.2 Å². The number of rotatable bonds is 7. The molecule has 2 aromatic heterocycles. The Kier molecular flexibility index (Phi) is 6.86. The van der Waals surface area contributed by atoms with Crippen LogP contribution in [0.15, 0.2) is 67.0 Å². The SMILES string of the molecule is CCOc1ccc(CNC(=O)[C@H]2CCCN(c3nccn4nc(-c5cccc(Cl)c5)cc34)C2)cc1. The number of benzene rings is 2. The fraction of sp³-hybridized carbons (Fsp3) is 0.296. The number of hydrogen-bond donors (Lipinski definition) is 1. The van der Waals surface area contributed by atoms with Crippen molar-refractivity contribution >= 4 is 28.8 Å². The van der Waals surface area contributed by atoms with E-state index in [2.05, 4.69) is 15.2 Å². The highest BCUT2D eigenvalue weighted by atomic mass is 35.5. The van der Waals surface area contributed by atoms with Crippen molar-refractivity contribution in [2.45, 2.75) is 26.3 Å². The minimum absolute atomic E-state index is 0.0728. The normalized spacial score (nSPS) is 15.8. The summed E-state index contributed by atoms with van der Waals surface area (Å²) < 4.78 is 7.33. The van der Waals surface area contributed by atoms with Crippen molar-refractivity contribution in [1.29, 1.82) is 0 Å². The van der Waals surface area contributed by atoms with E-state index in [4.69, 9.17) is 21.4 Å². The molecular weight excluding hydrogens is 462 g/mol. The molecule has 1 atom stereocenters. The maximum absolute atomic E-state index is 13.0. The van der Waals surface area contributed by atoms with Gasteiger partial charge < -0.3 is 15.0 Å². The molecule has 0 spiro atoms. The number of carbonyl (C=O) groups is 1. The Morgan fingerprint density at radius 3 is 2.86 bits per heavy atom. The predicted octanol–water partition coefficient (Wildman–Crippen LogP) is 4.98. The molecule has 1 fully saturated rings. The molecule has 1 amide bonds. The van der Waals surface area contributed by atoms with Crippen molar-refractivity contribution in [2.75, 3.05) is 24.6 Å². The predicted molar refractivity (Wildman–Crippen MR) is 138 cm³/mol. The van der Waals surface area contributed by atoms with Crippen LogP contribution in [0.25, 0.3) is 16.8 Å². The monoisotopic (exact) mass is 489 g/mol. The molecule has 3 heterocycles. The first-order valence-corrected chi connectivity index (χ1v) is 12.3. The van der Waals surface area contributed by atoms with Crippen molar-refractivity contribution in [3.63, 3.8) is 0 Å². The van der Waals surface area contributed by atoms with E-state index < -0.39 is 0 Å². The molecule has 1 saturated heterocycles. The minimum Gasteiger partial charge on any atom is -0.494 e. The highest BCUT2D eigenvalue weighted by molar-refractivity contribution is 6.30. The lowest BCUT2D eigenvalue weighted by Gasteiger charge is -2.33. The molecule has 2 aromatic carbocycles. The van der Waals surface area contributed by atoms with Crippen molar-refractivity contribution < 1.29 is 9.53 Å². The van der Waals surface area contributed by atoms with Gasteiger partial charge in [0.2, 0.25) is 5.91 Å². The highest BCUT2D eigenvalue weighted by Crippen LogP contribution is 2.29. The van der Waals surface area contributed by atoms with E-state index in [0.717, 1.165) is 53.3 Å². The van der Waals surface area contributed by atoms with Gasteiger partial charge in [-0.05, 0) is 55.7 Å². The Hall–Kier alpha value is -3.58. The summed E-state index contributed by atoms with van der Waals surface area (Å²) in [5.41, 5.74) is 3.76. The molecule has 180 valence electrons. The van der Waals surface area contributed by atoms with Crippen molar-refractivity contribution in [3.05, 3.63) is 77.6 Å². The van der Waals surface area contributed by atoms with E-state index in [1.165, 1.54) is 0 Å². The molecule has 1 N–H and O–H groups in total. The summed E-state index contributed by atoms with van der Waals surface area (Å²) in [6, 6.07) is 17.5. The number of nitrogens with zero attached hydrogens (tertiary/aromatic N) is 4. The quantitative estimate of drug-likeness (QED) is 0.396. The van der Waals surface area contributed by atoms with Crippen LogP contribution >= 0.6 is 11.6 Å². The van der Waals surface area contributed by atoms with Crippen LogP contribution in [0.3, 0.4) is 0 Å². The molecule has 0 saturated carbocycles. The maximum atomic E-state index is 13.0. The van der Waals surface area contributed by atoms with E-state index in [9.17, 15) is 4.79 Å². The van der Waals surface area contributed by atoms with Gasteiger partial charge in [0, 0.05) is 42.6 Å². The number of carbonyl (C=O) groups excluding carboxylic acids is 1. The van der Waals surface area contributed by atoms with Gasteiger partial charge in [-0.2, -0.15) is 5.10 Å². The number of aromatic nitrogens is 3. The fourth-order valence-corrected chi connectivity index (χ4v) is 4.72. The van der Waals surface area contributed by atoms with Crippen LogP contribution in [-0.4, -0.2) is 40.2 Å². The average molecular weight is 490 g/mol. The van der Waals surface area contributed by atoms with E-state index in [-0.39, 0.29) is 11.8 Å². The van der Waals surface area contributed by atoms with E-state index in [0.29, 0.717) is 24.7 Å². The second-order valence-electron chi connectivity index (χ2n) is 8.70. The van der Waals surface area contributed by atoms with Gasteiger partial charge in [0.05, 0.1) is 18.2 Å². The zero-order valence-corrected chi connectivity index (χ0v) is 20.4. The Bertz CT molecular complexity index is 1320. The Morgan fingerprint density at radius 2 is 2.06 bits per heavy atom. The molecule has 0 bridgehead atoms. The van der Waals surface area contributed by atoms with Gasteiger partial charge in [-0.1, -0.05) is 35.9 Å². The van der Waals surface area contributed by atoms with Crippen molar-refractivity contribution in [1.82, 2.24) is 19.9 Å². The molecule has 4 aromatic rings. The fourth-order valence-electron chi connectivity index (χ4n) is 4.53. The van der Waals surface area contributed by atoms with Gasteiger partial charge in [-0.3, -0.25) is 4.79 Å². The first-order chi connectivity index (χ1) is 17.1. The smallest absolute Gasteiger partial charge is 0.225 e. The Labute approximate surface area is 209 Å². The van der Waals surface area contributed by atoms with Gasteiger partial charge in [-0.15, -0.1) is 0 Å². The summed E-state index contributed by atoms with van der Waals surface area (Å²) in [7, 11) is 0. The number of halogens is 1. The van der Waals surface area contributed by atoms with Crippen LogP contribution in [0.1, 0.15) is 25.3 Å². The third-order valence-corrected chi connectivity index (χ3v) is 6.52. The molecule has 35 heavy (non-hydrogen) atoms. The van der Waals surface area contributed by atoms with Crippen molar-refractivity contribution in [3.8, 4) is 17.0 Å². The summed E-state index contributed by atoms with van der Waals surface area (Å²) in [6.07, 6.45) is 5.39. The third-order valence-electron chi connectivity index (χ3n) is 6.28. The van der Waals surface area contributed by atoms with Crippen LogP contribution in [0, 0.1) is 5.92 Å². The average Bonchev–Trinajstić information content (AvgIpc) is 3.33. The Morgan fingerprint density at radius 1 is 1.20 bits per heavy atom. The van der Waals surface area contributed by atoms with Crippen LogP contribution in [0.4, 0.5) is 5.82 Å². The lowest BCUT2D eigenvalue weighted by atomic mass is 9.97. The lowest BCUT2D eigenvalue weighted by molar-refractivity contribution is -0.125. The molecular formula is C27H28ClN5O2. The number of anilines is 1. The largest absolute Gasteiger partial charge is 0.494 e. The van der Waals surface area contributed by atoms with Gasteiger partial charge in [0.25, 0.3) is 0 Å². The number of piperidine rings is 1. The van der Waals surface area contributed by atoms with Crippen molar-refractivity contribution in [2.24, 2.45) is 5.92 Å². The Balaban J connectivity index is 1.28. The van der Waals surface area contributed by atoms with E-state index >= 15 is 0 Å². The molecule has 7 nitrogen and oxygen atoms in total. The molecule has 0 unspecified atom stereocenters. The second kappa shape index (κ2) is 10.4. The number of fused-ring (bicyclic) bond motifs is 1. The lowest BCUT2D eigenvalue weighted by Crippen LogP contribution is -2.43. The van der Waals surface area contributed by atoms with E-state index in [1.54, 1.807) is 6.20 Å². The first kappa shape index (κ1) is 23.2. The summed E-state index contributed by atoms with van der Waals surface area (Å²) in [4.78, 5) is 19.8. The highest BCUT2D eigenvalue weighted by Gasteiger charge is 2.27. The summed E-state index contributed by atoms with van der Waals surface area (Å²) in [5, 5.41) is 8.50. The van der Waals surface area contributed by atoms with Gasteiger partial charge in [0.15, 0.2) is 5.82 Å². The zero-order valence-electron chi connectivity index (χ0n) is 19.7. The van der Waals surface area contributed by atoms with Gasteiger partial charge >= 0.3 is 0 Å². The molecule has 0 aliphatic carbocycles. The summed E-state index contributed by atoms with van der Waals surface area (Å²) in [6.45, 7) is 4.58. The van der Waals surface area contributed by atoms with Gasteiger partial charge in [-0.25, -0.2) is 9.50 Å². The molecule has 8 heteroatoms. The van der Waals surface area contributed by atoms with Crippen LogP contribution < -0.4 is 15.0 Å². The topological polar surface area (TPSA) is 71.8 Å². The summed E-state index contributed by atoms with van der Waals surface area (Å²) >= 11 is 6.18. The number of hydrogen-bond acceptors (Lipinski definition) is 5. The van der Waals surface area contributed by atoms with Crippen LogP contribution in [0.2, 0.25) is 5.02 Å². The zero-order chi connectivity index (χ0) is 24.2. The molecule has 1 aliphatic rings. The molecule has 1 aliphatic heterocycles. The standard InChI is InChI=1S/C27H28ClN5O2/c1-2-35-23-10-8-19(9-11-23)17-30-27(34)21-6-4-13-32(18-21)26-25-16-24(31-33(25)14-12-29-26)20-5-3-7-22(28)15-20/h3,5,7-12,14-16,21H,2,4,6,13,17-18H2,1H3,(H,30,34)/t21-/m0/s1. The molecule has 5 rings (SSSR count). The first-order valence-electron chi connectivity index (χ1n) is 12.0. The minimum atomic E-state index is -0.0937. The summed E-state index contributed by atoms with van der Waals surface area (Å²) in [5.74, 6) is 1.66. The number of amides is 1. The maximum Gasteiger partial charge on any atom is 0.225 e. The molecule has 0 radical (unpaired) electrons. The number of ether oxygens (including phenoxy) is 1. The third kappa shape index (κ3) is 5.25. The van der Waals surface area contributed by atoms with Crippen LogP contribution in [0.5, 0.6) is 5.75 Å². The van der Waals surface area contributed by atoms with Gasteiger partial charge in [0.1, 0.15) is 11.3 Å². The second-order valence-corrected chi connectivity index (χ2v) is 9.14. The van der Waals surface area contributed by atoms with Crippen LogP contribution in [-0.2, 0) is 11.3 Å².